The van der Waals surface area contributed by atoms with Crippen molar-refractivity contribution in [1.82, 2.24) is 0 Å². The van der Waals surface area contributed by atoms with Gasteiger partial charge in [0.15, 0.2) is 0 Å². The van der Waals surface area contributed by atoms with Crippen LogP contribution in [0.1, 0.15) is 21.5 Å². The zero-order valence-electron chi connectivity index (χ0n) is 12.0. The fraction of sp³-hybridized carbons (Fsp3) is 0.133. The summed E-state index contributed by atoms with van der Waals surface area (Å²) in [4.78, 5) is 12.3. The Bertz CT molecular complexity index is 714. The first kappa shape index (κ1) is 16.7. The van der Waals surface area contributed by atoms with Gasteiger partial charge in [0.2, 0.25) is 0 Å². The average Bonchev–Trinajstić information content (AvgIpc) is 2.42. The van der Waals surface area contributed by atoms with Crippen LogP contribution in [0.4, 0.5) is 10.1 Å². The lowest BCUT2D eigenvalue weighted by Gasteiger charge is -2.13. The molecule has 0 bridgehead atoms. The van der Waals surface area contributed by atoms with Crippen molar-refractivity contribution in [3.8, 4) is 0 Å². The van der Waals surface area contributed by atoms with Gasteiger partial charge in [-0.2, -0.15) is 0 Å². The second-order valence-electron chi connectivity index (χ2n) is 4.98. The Hall–Kier alpha value is -1.70. The molecule has 0 aliphatic rings. The van der Waals surface area contributed by atoms with Crippen LogP contribution in [-0.2, 0) is 0 Å². The number of aryl methyl sites for hydroxylation is 2. The van der Waals surface area contributed by atoms with Crippen LogP contribution >= 0.6 is 15.9 Å². The predicted molar refractivity (Wildman–Crippen MR) is 87.8 cm³/mol. The molecule has 1 amide bonds. The molecular weight excluding hydrogens is 352 g/mol. The summed E-state index contributed by atoms with van der Waals surface area (Å²) < 4.78 is 14.7. The molecule has 0 aliphatic heterocycles. The fourth-order valence-corrected chi connectivity index (χ4v) is 2.85. The van der Waals surface area contributed by atoms with Crippen molar-refractivity contribution in [3.63, 3.8) is 0 Å². The SMILES string of the molecule is Cc1cc(Br)cc(C)c1NC(=O)c1cc(B(O)O)ccc1F. The van der Waals surface area contributed by atoms with Gasteiger partial charge in [-0.1, -0.05) is 22.0 Å². The molecule has 7 heteroatoms. The molecule has 0 heterocycles. The van der Waals surface area contributed by atoms with E-state index in [1.54, 1.807) is 0 Å². The lowest BCUT2D eigenvalue weighted by Crippen LogP contribution is -2.31. The lowest BCUT2D eigenvalue weighted by molar-refractivity contribution is 0.102. The summed E-state index contributed by atoms with van der Waals surface area (Å²) in [5.74, 6) is -1.37. The zero-order valence-corrected chi connectivity index (χ0v) is 13.6. The molecule has 0 aromatic heterocycles. The second-order valence-corrected chi connectivity index (χ2v) is 5.90. The highest BCUT2D eigenvalue weighted by atomic mass is 79.9. The van der Waals surface area contributed by atoms with Crippen LogP contribution in [-0.4, -0.2) is 23.1 Å². The molecule has 0 saturated heterocycles. The highest BCUT2D eigenvalue weighted by Gasteiger charge is 2.19. The van der Waals surface area contributed by atoms with Crippen molar-refractivity contribution in [2.45, 2.75) is 13.8 Å². The summed E-state index contributed by atoms with van der Waals surface area (Å²) in [7, 11) is -1.76. The van der Waals surface area contributed by atoms with Crippen molar-refractivity contribution in [3.05, 3.63) is 57.3 Å². The van der Waals surface area contributed by atoms with E-state index in [1.165, 1.54) is 6.07 Å². The van der Waals surface area contributed by atoms with Gasteiger partial charge < -0.3 is 15.4 Å². The Labute approximate surface area is 136 Å². The van der Waals surface area contributed by atoms with E-state index in [4.69, 9.17) is 10.0 Å². The lowest BCUT2D eigenvalue weighted by atomic mass is 9.79. The minimum Gasteiger partial charge on any atom is -0.423 e. The Morgan fingerprint density at radius 3 is 2.32 bits per heavy atom. The fourth-order valence-electron chi connectivity index (χ4n) is 2.17. The number of hydrogen-bond acceptors (Lipinski definition) is 3. The van der Waals surface area contributed by atoms with Crippen LogP contribution in [0.5, 0.6) is 0 Å². The number of halogens is 2. The van der Waals surface area contributed by atoms with Crippen LogP contribution in [0.2, 0.25) is 0 Å². The number of benzene rings is 2. The number of hydrogen-bond donors (Lipinski definition) is 3. The van der Waals surface area contributed by atoms with E-state index >= 15 is 0 Å². The van der Waals surface area contributed by atoms with E-state index in [0.29, 0.717) is 5.69 Å². The molecule has 114 valence electrons. The molecule has 0 spiro atoms. The largest absolute Gasteiger partial charge is 0.488 e. The van der Waals surface area contributed by atoms with E-state index in [2.05, 4.69) is 21.2 Å². The number of carbonyl (C=O) groups is 1. The van der Waals surface area contributed by atoms with E-state index in [-0.39, 0.29) is 11.0 Å². The maximum absolute atomic E-state index is 13.8. The summed E-state index contributed by atoms with van der Waals surface area (Å²) >= 11 is 3.37. The van der Waals surface area contributed by atoms with E-state index in [0.717, 1.165) is 27.7 Å². The summed E-state index contributed by atoms with van der Waals surface area (Å²) in [6.45, 7) is 3.66. The van der Waals surface area contributed by atoms with Crippen molar-refractivity contribution >= 4 is 40.1 Å². The monoisotopic (exact) mass is 365 g/mol. The van der Waals surface area contributed by atoms with Gasteiger partial charge >= 0.3 is 7.12 Å². The highest BCUT2D eigenvalue weighted by Crippen LogP contribution is 2.25. The number of nitrogens with one attached hydrogen (secondary N) is 1. The third-order valence-electron chi connectivity index (χ3n) is 3.27. The molecule has 2 rings (SSSR count). The minimum atomic E-state index is -1.76. The molecular formula is C15H14BBrFNO3. The van der Waals surface area contributed by atoms with E-state index in [9.17, 15) is 9.18 Å². The van der Waals surface area contributed by atoms with Gasteiger partial charge in [-0.05, 0) is 54.7 Å². The minimum absolute atomic E-state index is 0.0517. The van der Waals surface area contributed by atoms with Crippen molar-refractivity contribution in [1.29, 1.82) is 0 Å². The zero-order chi connectivity index (χ0) is 16.4. The standard InChI is InChI=1S/C15H14BBrFNO3/c1-8-5-11(17)6-9(2)14(8)19-15(20)12-7-10(16(21)22)3-4-13(12)18/h3-7,21-22H,1-2H3,(H,19,20). The molecule has 2 aromatic rings. The summed E-state index contributed by atoms with van der Waals surface area (Å²) in [6, 6.07) is 7.05. The van der Waals surface area contributed by atoms with E-state index < -0.39 is 18.8 Å². The summed E-state index contributed by atoms with van der Waals surface area (Å²) in [5.41, 5.74) is 2.07. The van der Waals surface area contributed by atoms with E-state index in [1.807, 2.05) is 26.0 Å². The maximum Gasteiger partial charge on any atom is 0.488 e. The summed E-state index contributed by atoms with van der Waals surface area (Å²) in [6.07, 6.45) is 0. The molecule has 2 aromatic carbocycles. The first-order valence-electron chi connectivity index (χ1n) is 6.53. The normalized spacial score (nSPS) is 10.5. The van der Waals surface area contributed by atoms with Gasteiger partial charge in [-0.25, -0.2) is 4.39 Å². The molecule has 22 heavy (non-hydrogen) atoms. The Morgan fingerprint density at radius 2 is 1.77 bits per heavy atom. The maximum atomic E-state index is 13.8. The van der Waals surface area contributed by atoms with Crippen LogP contribution in [0.15, 0.2) is 34.8 Å². The van der Waals surface area contributed by atoms with Crippen molar-refractivity contribution < 1.29 is 19.2 Å². The van der Waals surface area contributed by atoms with Gasteiger partial charge in [0.1, 0.15) is 5.82 Å². The average molecular weight is 366 g/mol. The molecule has 0 unspecified atom stereocenters. The third-order valence-corrected chi connectivity index (χ3v) is 3.73. The molecule has 3 N–H and O–H groups in total. The van der Waals surface area contributed by atoms with Gasteiger partial charge in [0.25, 0.3) is 5.91 Å². The number of rotatable bonds is 3. The van der Waals surface area contributed by atoms with Gasteiger partial charge in [0, 0.05) is 10.2 Å². The number of amides is 1. The molecule has 0 atom stereocenters. The molecule has 0 fully saturated rings. The van der Waals surface area contributed by atoms with Gasteiger partial charge in [-0.15, -0.1) is 0 Å². The smallest absolute Gasteiger partial charge is 0.423 e. The molecule has 0 aliphatic carbocycles. The van der Waals surface area contributed by atoms with Crippen LogP contribution in [0.25, 0.3) is 0 Å². The van der Waals surface area contributed by atoms with Crippen LogP contribution in [0.3, 0.4) is 0 Å². The number of carbonyl (C=O) groups excluding carboxylic acids is 1. The second kappa shape index (κ2) is 6.60. The number of anilines is 1. The molecule has 4 nitrogen and oxygen atoms in total. The first-order valence-corrected chi connectivity index (χ1v) is 7.32. The Balaban J connectivity index is 2.36. The topological polar surface area (TPSA) is 69.6 Å². The predicted octanol–water partition coefficient (Wildman–Crippen LogP) is 2.14. The van der Waals surface area contributed by atoms with Crippen LogP contribution in [0, 0.1) is 19.7 Å². The van der Waals surface area contributed by atoms with Gasteiger partial charge in [-0.3, -0.25) is 4.79 Å². The van der Waals surface area contributed by atoms with Gasteiger partial charge in [0.05, 0.1) is 5.56 Å². The Kier molecular flexibility index (Phi) is 5.00. The van der Waals surface area contributed by atoms with Crippen molar-refractivity contribution in [2.24, 2.45) is 0 Å². The van der Waals surface area contributed by atoms with Crippen LogP contribution < -0.4 is 10.8 Å². The molecule has 0 radical (unpaired) electrons. The third kappa shape index (κ3) is 3.55. The Morgan fingerprint density at radius 1 is 1.18 bits per heavy atom. The quantitative estimate of drug-likeness (QED) is 0.730. The molecule has 0 saturated carbocycles. The first-order chi connectivity index (χ1) is 10.3. The van der Waals surface area contributed by atoms with Crippen molar-refractivity contribution in [2.75, 3.05) is 5.32 Å². The highest BCUT2D eigenvalue weighted by molar-refractivity contribution is 9.10. The summed E-state index contributed by atoms with van der Waals surface area (Å²) in [5, 5.41) is 20.9.